The quantitative estimate of drug-likeness (QED) is 0.364. The minimum absolute atomic E-state index is 0.0128. The molecule has 2 unspecified atom stereocenters. The Morgan fingerprint density at radius 2 is 1.62 bits per heavy atom. The van der Waals surface area contributed by atoms with Crippen molar-refractivity contribution in [2.75, 3.05) is 6.54 Å². The molecule has 0 aromatic rings. The lowest BCUT2D eigenvalue weighted by Crippen LogP contribution is -2.60. The molecule has 12 heteroatoms. The van der Waals surface area contributed by atoms with Gasteiger partial charge in [0.1, 0.15) is 17.7 Å². The average Bonchev–Trinajstić information content (AvgIpc) is 3.67. The topological polar surface area (TPSA) is 148 Å². The largest absolute Gasteiger partial charge is 0.444 e. The van der Waals surface area contributed by atoms with Gasteiger partial charge in [0.05, 0.1) is 6.04 Å². The molecule has 4 aliphatic rings. The summed E-state index contributed by atoms with van der Waals surface area (Å²) in [5, 5.41) is 5.32. The summed E-state index contributed by atoms with van der Waals surface area (Å²) in [6.45, 7) is 9.27. The van der Waals surface area contributed by atoms with Crippen molar-refractivity contribution >= 4 is 29.6 Å². The summed E-state index contributed by atoms with van der Waals surface area (Å²) in [6, 6.07) is -3.18. The Bertz CT molecular complexity index is 1060. The van der Waals surface area contributed by atoms with Gasteiger partial charge in [-0.2, -0.15) is 0 Å². The first kappa shape index (κ1) is 30.2. The molecule has 4 rings (SSSR count). The van der Waals surface area contributed by atoms with Crippen molar-refractivity contribution in [3.63, 3.8) is 0 Å². The standard InChI is InChI=1S/C28H42F2N4O6/c1-26(2,3)40-25(39)33-19(15-8-10-28(29,30)11-9-15)24(38)34-13-16-18(27(16,4)5)20(34)23(37)32-17(12-14-6-7-14)21(35)22(31)36/h14-20H,6-13H2,1-5H3,(H2,31,36)(H,32,37)(H,33,39)/t16-,17?,18?,19-,20-/m0/s1. The Hall–Kier alpha value is -2.79. The van der Waals surface area contributed by atoms with Gasteiger partial charge in [-0.1, -0.05) is 26.7 Å². The molecule has 224 valence electrons. The van der Waals surface area contributed by atoms with Gasteiger partial charge in [-0.15, -0.1) is 0 Å². The van der Waals surface area contributed by atoms with Crippen molar-refractivity contribution < 1.29 is 37.5 Å². The molecular weight excluding hydrogens is 526 g/mol. The number of rotatable bonds is 9. The maximum atomic E-state index is 14.1. The first-order valence-electron chi connectivity index (χ1n) is 14.2. The van der Waals surface area contributed by atoms with Crippen LogP contribution in [0.4, 0.5) is 13.6 Å². The lowest BCUT2D eigenvalue weighted by molar-refractivity contribution is -0.145. The lowest BCUT2D eigenvalue weighted by Gasteiger charge is -2.38. The zero-order chi connectivity index (χ0) is 29.8. The van der Waals surface area contributed by atoms with E-state index in [4.69, 9.17) is 10.5 Å². The zero-order valence-electron chi connectivity index (χ0n) is 23.9. The highest BCUT2D eigenvalue weighted by molar-refractivity contribution is 6.37. The van der Waals surface area contributed by atoms with Crippen molar-refractivity contribution in [2.45, 2.75) is 109 Å². The number of hydrogen-bond acceptors (Lipinski definition) is 6. The Morgan fingerprint density at radius 1 is 1.02 bits per heavy atom. The van der Waals surface area contributed by atoms with Crippen molar-refractivity contribution in [3.05, 3.63) is 0 Å². The number of fused-ring (bicyclic) bond motifs is 1. The van der Waals surface area contributed by atoms with Gasteiger partial charge >= 0.3 is 6.09 Å². The maximum Gasteiger partial charge on any atom is 0.408 e. The maximum absolute atomic E-state index is 14.1. The van der Waals surface area contributed by atoms with Gasteiger partial charge in [-0.25, -0.2) is 13.6 Å². The summed E-state index contributed by atoms with van der Waals surface area (Å²) >= 11 is 0. The highest BCUT2D eigenvalue weighted by Gasteiger charge is 2.70. The molecule has 0 spiro atoms. The van der Waals surface area contributed by atoms with Gasteiger partial charge in [0, 0.05) is 19.4 Å². The van der Waals surface area contributed by atoms with E-state index < -0.39 is 78.0 Å². The van der Waals surface area contributed by atoms with E-state index in [1.165, 1.54) is 4.90 Å². The number of alkyl halides is 2. The molecule has 4 amide bonds. The fraction of sp³-hybridized carbons (Fsp3) is 0.821. The predicted octanol–water partition coefficient (Wildman–Crippen LogP) is 2.53. The van der Waals surface area contributed by atoms with Gasteiger partial charge in [0.25, 0.3) is 5.91 Å². The van der Waals surface area contributed by atoms with E-state index in [2.05, 4.69) is 10.6 Å². The number of piperidine rings is 1. The Kier molecular flexibility index (Phi) is 7.96. The van der Waals surface area contributed by atoms with E-state index in [1.807, 2.05) is 13.8 Å². The van der Waals surface area contributed by atoms with E-state index in [9.17, 15) is 32.8 Å². The Balaban J connectivity index is 1.57. The third-order valence-electron chi connectivity index (χ3n) is 9.07. The first-order chi connectivity index (χ1) is 18.4. The van der Waals surface area contributed by atoms with Crippen LogP contribution in [0.1, 0.15) is 79.6 Å². The van der Waals surface area contributed by atoms with E-state index in [0.717, 1.165) is 12.8 Å². The monoisotopic (exact) mass is 568 g/mol. The van der Waals surface area contributed by atoms with Crippen LogP contribution < -0.4 is 16.4 Å². The summed E-state index contributed by atoms with van der Waals surface area (Å²) in [6.07, 6.45) is 0.480. The van der Waals surface area contributed by atoms with Gasteiger partial charge in [0.15, 0.2) is 0 Å². The number of amides is 4. The second-order valence-corrected chi connectivity index (χ2v) is 13.7. The molecular formula is C28H42F2N4O6. The van der Waals surface area contributed by atoms with Crippen LogP contribution in [0.15, 0.2) is 0 Å². The number of carbonyl (C=O) groups is 5. The van der Waals surface area contributed by atoms with Crippen LogP contribution in [0.3, 0.4) is 0 Å². The average molecular weight is 569 g/mol. The highest BCUT2D eigenvalue weighted by Crippen LogP contribution is 2.65. The number of nitrogens with zero attached hydrogens (tertiary/aromatic N) is 1. The van der Waals surface area contributed by atoms with Crippen LogP contribution in [0.5, 0.6) is 0 Å². The van der Waals surface area contributed by atoms with Gasteiger partial charge < -0.3 is 26.0 Å². The molecule has 5 atom stereocenters. The predicted molar refractivity (Wildman–Crippen MR) is 140 cm³/mol. The van der Waals surface area contributed by atoms with Gasteiger partial charge in [0.2, 0.25) is 23.5 Å². The second kappa shape index (κ2) is 10.6. The molecule has 4 fully saturated rings. The number of alkyl carbamates (subject to hydrolysis) is 1. The molecule has 0 radical (unpaired) electrons. The number of ketones is 1. The first-order valence-corrected chi connectivity index (χ1v) is 14.2. The third kappa shape index (κ3) is 6.57. The smallest absolute Gasteiger partial charge is 0.408 e. The second-order valence-electron chi connectivity index (χ2n) is 13.7. The fourth-order valence-corrected chi connectivity index (χ4v) is 6.55. The minimum atomic E-state index is -2.83. The highest BCUT2D eigenvalue weighted by atomic mass is 19.3. The van der Waals surface area contributed by atoms with E-state index in [1.54, 1.807) is 20.8 Å². The molecule has 0 aromatic carbocycles. The van der Waals surface area contributed by atoms with Crippen LogP contribution in [0.25, 0.3) is 0 Å². The number of ether oxygens (including phenoxy) is 1. The van der Waals surface area contributed by atoms with Crippen molar-refractivity contribution in [1.29, 1.82) is 0 Å². The molecule has 1 saturated heterocycles. The van der Waals surface area contributed by atoms with Crippen LogP contribution in [0, 0.1) is 29.1 Å². The van der Waals surface area contributed by atoms with E-state index in [-0.39, 0.29) is 42.6 Å². The van der Waals surface area contributed by atoms with Crippen LogP contribution in [-0.2, 0) is 23.9 Å². The van der Waals surface area contributed by atoms with E-state index >= 15 is 0 Å². The molecule has 3 aliphatic carbocycles. The fourth-order valence-electron chi connectivity index (χ4n) is 6.55. The molecule has 10 nitrogen and oxygen atoms in total. The van der Waals surface area contributed by atoms with Crippen LogP contribution in [-0.4, -0.2) is 70.7 Å². The number of halogens is 2. The molecule has 3 saturated carbocycles. The van der Waals surface area contributed by atoms with Crippen LogP contribution >= 0.6 is 0 Å². The molecule has 1 aliphatic heterocycles. The summed E-state index contributed by atoms with van der Waals surface area (Å²) in [5.74, 6) is -6.47. The van der Waals surface area contributed by atoms with Crippen molar-refractivity contribution in [2.24, 2.45) is 34.8 Å². The summed E-state index contributed by atoms with van der Waals surface area (Å²) in [5.41, 5.74) is 4.16. The van der Waals surface area contributed by atoms with Gasteiger partial charge in [-0.05, 0) is 69.1 Å². The number of nitrogens with two attached hydrogens (primary N) is 1. The SMILES string of the molecule is CC(C)(C)OC(=O)N[C@H](C(=O)N1C[C@H]2C([C@H]1C(=O)NC(CC1CC1)C(=O)C(N)=O)C2(C)C)C1CCC(F)(F)CC1. The molecule has 40 heavy (non-hydrogen) atoms. The van der Waals surface area contributed by atoms with Gasteiger partial charge in [-0.3, -0.25) is 19.2 Å². The molecule has 0 bridgehead atoms. The summed E-state index contributed by atoms with van der Waals surface area (Å²) < 4.78 is 33.3. The molecule has 4 N–H and O–H groups in total. The van der Waals surface area contributed by atoms with E-state index in [0.29, 0.717) is 6.42 Å². The van der Waals surface area contributed by atoms with Crippen LogP contribution in [0.2, 0.25) is 0 Å². The third-order valence-corrected chi connectivity index (χ3v) is 9.07. The normalized spacial score (nSPS) is 28.6. The summed E-state index contributed by atoms with van der Waals surface area (Å²) in [4.78, 5) is 66.1. The van der Waals surface area contributed by atoms with Crippen molar-refractivity contribution in [1.82, 2.24) is 15.5 Å². The lowest BCUT2D eigenvalue weighted by atomic mass is 9.81. The zero-order valence-corrected chi connectivity index (χ0v) is 23.9. The summed E-state index contributed by atoms with van der Waals surface area (Å²) in [7, 11) is 0. The number of carbonyl (C=O) groups excluding carboxylic acids is 5. The number of nitrogens with one attached hydrogen (secondary N) is 2. The molecule has 1 heterocycles. The number of Topliss-reactive ketones (excluding diaryl/α,β-unsaturated/α-hetero) is 1. The Labute approximate surface area is 233 Å². The number of likely N-dealkylation sites (tertiary alicyclic amines) is 1. The minimum Gasteiger partial charge on any atom is -0.444 e. The Morgan fingerprint density at radius 3 is 2.15 bits per heavy atom. The van der Waals surface area contributed by atoms with Crippen molar-refractivity contribution in [3.8, 4) is 0 Å². The number of primary amides is 1. The number of hydrogen-bond donors (Lipinski definition) is 3. The molecule has 0 aromatic heterocycles.